The van der Waals surface area contributed by atoms with Gasteiger partial charge in [0.1, 0.15) is 5.70 Å². The number of hydrogen-bond acceptors (Lipinski definition) is 3. The molecule has 0 saturated carbocycles. The van der Waals surface area contributed by atoms with E-state index in [-0.39, 0.29) is 11.6 Å². The summed E-state index contributed by atoms with van der Waals surface area (Å²) in [4.78, 5) is 22.8. The van der Waals surface area contributed by atoms with E-state index in [0.717, 1.165) is 22.3 Å². The second-order valence-corrected chi connectivity index (χ2v) is 4.54. The molecule has 0 aliphatic carbocycles. The number of ether oxygens (including phenoxy) is 1. The number of carbonyl (C=O) groups is 2. The number of hydrogen-bond donors (Lipinski definition) is 1. The van der Waals surface area contributed by atoms with Crippen molar-refractivity contribution in [3.05, 3.63) is 40.1 Å². The SMILES string of the molecule is COC(=O)/C(=C\c1c(C)cc(C)cc1C)NC(C)=O. The highest BCUT2D eigenvalue weighted by atomic mass is 16.5. The first-order valence-electron chi connectivity index (χ1n) is 6.00. The van der Waals surface area contributed by atoms with Gasteiger partial charge in [0.05, 0.1) is 7.11 Å². The maximum Gasteiger partial charge on any atom is 0.354 e. The summed E-state index contributed by atoms with van der Waals surface area (Å²) in [7, 11) is 1.28. The second kappa shape index (κ2) is 6.18. The number of methoxy groups -OCH3 is 1. The number of aryl methyl sites for hydroxylation is 3. The molecule has 0 spiro atoms. The summed E-state index contributed by atoms with van der Waals surface area (Å²) in [5.41, 5.74) is 4.31. The summed E-state index contributed by atoms with van der Waals surface area (Å²) in [6.45, 7) is 7.30. The van der Waals surface area contributed by atoms with E-state index < -0.39 is 5.97 Å². The Kier molecular flexibility index (Phi) is 4.87. The summed E-state index contributed by atoms with van der Waals surface area (Å²) in [6, 6.07) is 4.06. The van der Waals surface area contributed by atoms with Crippen molar-refractivity contribution in [2.45, 2.75) is 27.7 Å². The third-order valence-corrected chi connectivity index (χ3v) is 2.74. The monoisotopic (exact) mass is 261 g/mol. The third-order valence-electron chi connectivity index (χ3n) is 2.74. The molecular weight excluding hydrogens is 242 g/mol. The predicted octanol–water partition coefficient (Wildman–Crippen LogP) is 2.26. The number of amides is 1. The zero-order valence-electron chi connectivity index (χ0n) is 12.0. The Bertz CT molecular complexity index is 521. The van der Waals surface area contributed by atoms with Gasteiger partial charge in [0.25, 0.3) is 0 Å². The maximum absolute atomic E-state index is 11.6. The lowest BCUT2D eigenvalue weighted by Gasteiger charge is -2.10. The molecular formula is C15H19NO3. The van der Waals surface area contributed by atoms with E-state index in [4.69, 9.17) is 0 Å². The van der Waals surface area contributed by atoms with Gasteiger partial charge in [-0.15, -0.1) is 0 Å². The Labute approximate surface area is 113 Å². The molecule has 0 aliphatic heterocycles. The first kappa shape index (κ1) is 15.0. The van der Waals surface area contributed by atoms with Crippen molar-refractivity contribution < 1.29 is 14.3 Å². The third kappa shape index (κ3) is 3.95. The van der Waals surface area contributed by atoms with Crippen molar-refractivity contribution in [3.63, 3.8) is 0 Å². The molecule has 1 rings (SSSR count). The van der Waals surface area contributed by atoms with Crippen LogP contribution in [0.3, 0.4) is 0 Å². The van der Waals surface area contributed by atoms with Crippen LogP contribution in [-0.2, 0) is 14.3 Å². The largest absolute Gasteiger partial charge is 0.464 e. The summed E-state index contributed by atoms with van der Waals surface area (Å²) < 4.78 is 4.67. The molecule has 102 valence electrons. The highest BCUT2D eigenvalue weighted by molar-refractivity contribution is 5.97. The van der Waals surface area contributed by atoms with E-state index in [2.05, 4.69) is 10.1 Å². The van der Waals surface area contributed by atoms with Gasteiger partial charge in [0.2, 0.25) is 5.91 Å². The van der Waals surface area contributed by atoms with Crippen molar-refractivity contribution in [1.29, 1.82) is 0 Å². The van der Waals surface area contributed by atoms with E-state index in [1.54, 1.807) is 6.08 Å². The number of rotatable bonds is 3. The van der Waals surface area contributed by atoms with E-state index in [9.17, 15) is 9.59 Å². The minimum Gasteiger partial charge on any atom is -0.464 e. The van der Waals surface area contributed by atoms with Crippen LogP contribution in [0.15, 0.2) is 17.8 Å². The molecule has 0 atom stereocenters. The van der Waals surface area contributed by atoms with Gasteiger partial charge in [-0.2, -0.15) is 0 Å². The number of esters is 1. The second-order valence-electron chi connectivity index (χ2n) is 4.54. The molecule has 0 fully saturated rings. The molecule has 1 aromatic rings. The van der Waals surface area contributed by atoms with Gasteiger partial charge in [0.15, 0.2) is 0 Å². The van der Waals surface area contributed by atoms with Crippen molar-refractivity contribution >= 4 is 18.0 Å². The van der Waals surface area contributed by atoms with Crippen LogP contribution in [0.5, 0.6) is 0 Å². The lowest BCUT2D eigenvalue weighted by Crippen LogP contribution is -2.25. The summed E-state index contributed by atoms with van der Waals surface area (Å²) in [5.74, 6) is -0.867. The van der Waals surface area contributed by atoms with Crippen LogP contribution in [0, 0.1) is 20.8 Å². The van der Waals surface area contributed by atoms with Gasteiger partial charge >= 0.3 is 5.97 Å². The molecule has 4 nitrogen and oxygen atoms in total. The minimum atomic E-state index is -0.561. The van der Waals surface area contributed by atoms with Crippen LogP contribution in [0.4, 0.5) is 0 Å². The fourth-order valence-corrected chi connectivity index (χ4v) is 2.01. The highest BCUT2D eigenvalue weighted by Gasteiger charge is 2.12. The van der Waals surface area contributed by atoms with Crippen LogP contribution in [0.25, 0.3) is 6.08 Å². The molecule has 0 bridgehead atoms. The molecule has 1 amide bonds. The van der Waals surface area contributed by atoms with Crippen LogP contribution >= 0.6 is 0 Å². The standard InChI is InChI=1S/C15H19NO3/c1-9-6-10(2)13(11(3)7-9)8-14(15(18)19-5)16-12(4)17/h6-8H,1-5H3,(H,16,17)/b14-8+. The highest BCUT2D eigenvalue weighted by Crippen LogP contribution is 2.19. The number of carbonyl (C=O) groups excluding carboxylic acids is 2. The van der Waals surface area contributed by atoms with Crippen LogP contribution in [0.1, 0.15) is 29.2 Å². The van der Waals surface area contributed by atoms with Crippen molar-refractivity contribution in [2.24, 2.45) is 0 Å². The fraction of sp³-hybridized carbons (Fsp3) is 0.333. The first-order chi connectivity index (χ1) is 8.85. The lowest BCUT2D eigenvalue weighted by atomic mass is 9.99. The van der Waals surface area contributed by atoms with Gasteiger partial charge in [-0.25, -0.2) is 4.79 Å². The number of nitrogens with one attached hydrogen (secondary N) is 1. The zero-order valence-corrected chi connectivity index (χ0v) is 12.0. The Hall–Kier alpha value is -2.10. The molecule has 19 heavy (non-hydrogen) atoms. The molecule has 1 aromatic carbocycles. The van der Waals surface area contributed by atoms with Crippen LogP contribution in [0.2, 0.25) is 0 Å². The molecule has 1 N–H and O–H groups in total. The summed E-state index contributed by atoms with van der Waals surface area (Å²) >= 11 is 0. The summed E-state index contributed by atoms with van der Waals surface area (Å²) in [6.07, 6.45) is 1.65. The Morgan fingerprint density at radius 3 is 2.11 bits per heavy atom. The predicted molar refractivity (Wildman–Crippen MR) is 74.5 cm³/mol. The fourth-order valence-electron chi connectivity index (χ4n) is 2.01. The molecule has 0 aromatic heterocycles. The van der Waals surface area contributed by atoms with E-state index in [0.29, 0.717) is 0 Å². The summed E-state index contributed by atoms with van der Waals surface area (Å²) in [5, 5.41) is 2.50. The molecule has 0 heterocycles. The smallest absolute Gasteiger partial charge is 0.354 e. The first-order valence-corrected chi connectivity index (χ1v) is 6.00. The van der Waals surface area contributed by atoms with Gasteiger partial charge < -0.3 is 10.1 Å². The average molecular weight is 261 g/mol. The molecule has 0 radical (unpaired) electrons. The van der Waals surface area contributed by atoms with Crippen molar-refractivity contribution in [2.75, 3.05) is 7.11 Å². The van der Waals surface area contributed by atoms with Gasteiger partial charge in [-0.3, -0.25) is 4.79 Å². The van der Waals surface area contributed by atoms with Gasteiger partial charge in [0, 0.05) is 6.92 Å². The Balaban J connectivity index is 3.29. The molecule has 4 heteroatoms. The maximum atomic E-state index is 11.6. The van der Waals surface area contributed by atoms with Crippen molar-refractivity contribution in [3.8, 4) is 0 Å². The normalized spacial score (nSPS) is 11.1. The van der Waals surface area contributed by atoms with Crippen LogP contribution < -0.4 is 5.32 Å². The van der Waals surface area contributed by atoms with Crippen molar-refractivity contribution in [1.82, 2.24) is 5.32 Å². The number of benzene rings is 1. The quantitative estimate of drug-likeness (QED) is 0.670. The van der Waals surface area contributed by atoms with E-state index >= 15 is 0 Å². The molecule has 0 saturated heterocycles. The Morgan fingerprint density at radius 2 is 1.68 bits per heavy atom. The van der Waals surface area contributed by atoms with Crippen LogP contribution in [-0.4, -0.2) is 19.0 Å². The van der Waals surface area contributed by atoms with Gasteiger partial charge in [-0.1, -0.05) is 17.7 Å². The molecule has 0 aliphatic rings. The Morgan fingerprint density at radius 1 is 1.16 bits per heavy atom. The minimum absolute atomic E-state index is 0.144. The average Bonchev–Trinajstić information content (AvgIpc) is 2.30. The van der Waals surface area contributed by atoms with E-state index in [1.165, 1.54) is 14.0 Å². The zero-order chi connectivity index (χ0) is 14.6. The molecule has 0 unspecified atom stereocenters. The van der Waals surface area contributed by atoms with Gasteiger partial charge in [-0.05, 0) is 43.5 Å². The van der Waals surface area contributed by atoms with E-state index in [1.807, 2.05) is 32.9 Å². The lowest BCUT2D eigenvalue weighted by molar-refractivity contribution is -0.137. The topological polar surface area (TPSA) is 55.4 Å².